The second-order valence-electron chi connectivity index (χ2n) is 5.85. The van der Waals surface area contributed by atoms with Crippen LogP contribution in [0.4, 0.5) is 0 Å². The Balaban J connectivity index is 2.11. The minimum Gasteiger partial charge on any atom is -0.381 e. The topological polar surface area (TPSA) is 64.8 Å². The molecule has 5 nitrogen and oxygen atoms in total. The van der Waals surface area contributed by atoms with E-state index < -0.39 is 0 Å². The Morgan fingerprint density at radius 3 is 2.55 bits per heavy atom. The van der Waals surface area contributed by atoms with Crippen LogP contribution in [0.1, 0.15) is 25.7 Å². The molecule has 1 aliphatic heterocycles. The number of primary amides is 1. The van der Waals surface area contributed by atoms with Crippen molar-refractivity contribution in [1.82, 2.24) is 4.90 Å². The normalized spacial score (nSPS) is 36.2. The number of rotatable bonds is 4. The molecule has 1 saturated heterocycles. The predicted octanol–water partition coefficient (Wildman–Crippen LogP) is 0.984. The minimum absolute atomic E-state index is 0.0220. The Kier molecular flexibility index (Phi) is 5.66. The average molecular weight is 305 g/mol. The van der Waals surface area contributed by atoms with Crippen LogP contribution in [-0.2, 0) is 14.3 Å². The van der Waals surface area contributed by atoms with Gasteiger partial charge in [0.15, 0.2) is 0 Å². The van der Waals surface area contributed by atoms with Crippen molar-refractivity contribution in [3.8, 4) is 0 Å². The fourth-order valence-electron chi connectivity index (χ4n) is 3.53. The Labute approximate surface area is 125 Å². The van der Waals surface area contributed by atoms with Crippen LogP contribution in [0.25, 0.3) is 0 Å². The number of hydrogen-bond donors (Lipinski definition) is 1. The molecule has 0 spiro atoms. The van der Waals surface area contributed by atoms with Crippen molar-refractivity contribution in [3.05, 3.63) is 0 Å². The second-order valence-corrected chi connectivity index (χ2v) is 6.47. The van der Waals surface area contributed by atoms with Crippen LogP contribution in [0.3, 0.4) is 0 Å². The lowest BCUT2D eigenvalue weighted by Gasteiger charge is -2.45. The van der Waals surface area contributed by atoms with Gasteiger partial charge in [0.2, 0.25) is 5.91 Å². The van der Waals surface area contributed by atoms with Gasteiger partial charge >= 0.3 is 0 Å². The first-order chi connectivity index (χ1) is 9.54. The molecule has 6 heteroatoms. The van der Waals surface area contributed by atoms with Gasteiger partial charge in [-0.1, -0.05) is 0 Å². The van der Waals surface area contributed by atoms with E-state index in [4.69, 9.17) is 26.8 Å². The third kappa shape index (κ3) is 3.45. The Hall–Kier alpha value is -0.360. The number of amides is 1. The molecule has 1 saturated carbocycles. The van der Waals surface area contributed by atoms with Gasteiger partial charge in [-0.2, -0.15) is 0 Å². The van der Waals surface area contributed by atoms with E-state index in [0.717, 1.165) is 32.5 Å². The molecule has 116 valence electrons. The molecule has 4 atom stereocenters. The fraction of sp³-hybridized carbons (Fsp3) is 0.929. The summed E-state index contributed by atoms with van der Waals surface area (Å²) in [6.07, 6.45) is 3.29. The summed E-state index contributed by atoms with van der Waals surface area (Å²) in [5.74, 6) is -0.615. The van der Waals surface area contributed by atoms with Crippen LogP contribution in [0.2, 0.25) is 0 Å². The molecule has 0 aromatic heterocycles. The molecule has 2 fully saturated rings. The molecule has 4 unspecified atom stereocenters. The lowest BCUT2D eigenvalue weighted by atomic mass is 9.80. The molecule has 1 amide bonds. The van der Waals surface area contributed by atoms with E-state index in [9.17, 15) is 4.79 Å². The third-order valence-corrected chi connectivity index (χ3v) is 5.07. The monoisotopic (exact) mass is 304 g/mol. The lowest BCUT2D eigenvalue weighted by molar-refractivity contribution is -0.132. The van der Waals surface area contributed by atoms with Crippen molar-refractivity contribution in [1.29, 1.82) is 0 Å². The highest BCUT2D eigenvalue weighted by Gasteiger charge is 2.43. The molecule has 2 N–H and O–H groups in total. The van der Waals surface area contributed by atoms with E-state index in [1.54, 1.807) is 7.11 Å². The lowest BCUT2D eigenvalue weighted by Crippen LogP contribution is -2.57. The maximum absolute atomic E-state index is 11.7. The van der Waals surface area contributed by atoms with Gasteiger partial charge in [-0.15, -0.1) is 11.6 Å². The van der Waals surface area contributed by atoms with Crippen molar-refractivity contribution in [2.45, 2.75) is 49.2 Å². The van der Waals surface area contributed by atoms with Gasteiger partial charge in [-0.05, 0) is 32.7 Å². The average Bonchev–Trinajstić information content (AvgIpc) is 2.46. The van der Waals surface area contributed by atoms with Crippen LogP contribution >= 0.6 is 11.6 Å². The van der Waals surface area contributed by atoms with E-state index in [-0.39, 0.29) is 29.3 Å². The summed E-state index contributed by atoms with van der Waals surface area (Å²) in [6.45, 7) is 1.59. The first kappa shape index (κ1) is 16.0. The SMILES string of the molecule is COC1C(C(N)=O)CC(Cl)CC1N(C)C1CCOCC1. The summed E-state index contributed by atoms with van der Waals surface area (Å²) in [5, 5.41) is -0.0220. The van der Waals surface area contributed by atoms with Gasteiger partial charge in [0.05, 0.1) is 12.0 Å². The number of nitrogens with zero attached hydrogens (tertiary/aromatic N) is 1. The first-order valence-electron chi connectivity index (χ1n) is 7.30. The smallest absolute Gasteiger partial charge is 0.223 e. The van der Waals surface area contributed by atoms with Crippen molar-refractivity contribution in [3.63, 3.8) is 0 Å². The molecule has 1 heterocycles. The number of carbonyl (C=O) groups excluding carboxylic acids is 1. The number of likely N-dealkylation sites (N-methyl/N-ethyl adjacent to an activating group) is 1. The molecule has 20 heavy (non-hydrogen) atoms. The van der Waals surface area contributed by atoms with E-state index in [2.05, 4.69) is 11.9 Å². The van der Waals surface area contributed by atoms with Gasteiger partial charge in [-0.25, -0.2) is 0 Å². The van der Waals surface area contributed by atoms with E-state index in [1.165, 1.54) is 0 Å². The molecule has 0 radical (unpaired) electrons. The van der Waals surface area contributed by atoms with Crippen molar-refractivity contribution in [2.24, 2.45) is 11.7 Å². The molecular formula is C14H25ClN2O3. The number of alkyl halides is 1. The number of hydrogen-bond acceptors (Lipinski definition) is 4. The summed E-state index contributed by atoms with van der Waals surface area (Å²) in [5.41, 5.74) is 5.52. The standard InChI is InChI=1S/C14H25ClN2O3/c1-17(10-3-5-20-6-4-10)12-8-9(15)7-11(14(16)18)13(12)19-2/h9-13H,3-8H2,1-2H3,(H2,16,18). The summed E-state index contributed by atoms with van der Waals surface area (Å²) >= 11 is 6.34. The van der Waals surface area contributed by atoms with Crippen molar-refractivity contribution < 1.29 is 14.3 Å². The highest BCUT2D eigenvalue weighted by Crippen LogP contribution is 2.34. The summed E-state index contributed by atoms with van der Waals surface area (Å²) in [4.78, 5) is 14.0. The molecule has 0 bridgehead atoms. The zero-order valence-electron chi connectivity index (χ0n) is 12.3. The maximum Gasteiger partial charge on any atom is 0.223 e. The van der Waals surface area contributed by atoms with Crippen LogP contribution < -0.4 is 5.73 Å². The minimum atomic E-state index is -0.312. The number of methoxy groups -OCH3 is 1. The molecule has 0 aromatic carbocycles. The van der Waals surface area contributed by atoms with Gasteiger partial charge in [-0.3, -0.25) is 9.69 Å². The molecule has 2 rings (SSSR count). The number of halogens is 1. The summed E-state index contributed by atoms with van der Waals surface area (Å²) < 4.78 is 11.0. The van der Waals surface area contributed by atoms with Crippen molar-refractivity contribution >= 4 is 17.5 Å². The quantitative estimate of drug-likeness (QED) is 0.787. The van der Waals surface area contributed by atoms with Crippen molar-refractivity contribution in [2.75, 3.05) is 27.4 Å². The van der Waals surface area contributed by atoms with E-state index in [1.807, 2.05) is 0 Å². The third-order valence-electron chi connectivity index (χ3n) is 4.71. The number of carbonyl (C=O) groups is 1. The predicted molar refractivity (Wildman–Crippen MR) is 77.7 cm³/mol. The molecule has 0 aromatic rings. The van der Waals surface area contributed by atoms with E-state index in [0.29, 0.717) is 12.5 Å². The molecular weight excluding hydrogens is 280 g/mol. The molecule has 1 aliphatic carbocycles. The zero-order valence-corrected chi connectivity index (χ0v) is 13.0. The van der Waals surface area contributed by atoms with Gasteiger partial charge in [0, 0.05) is 37.8 Å². The first-order valence-corrected chi connectivity index (χ1v) is 7.74. The van der Waals surface area contributed by atoms with Gasteiger partial charge in [0.25, 0.3) is 0 Å². The fourth-order valence-corrected chi connectivity index (χ4v) is 3.91. The van der Waals surface area contributed by atoms with Crippen LogP contribution in [0.15, 0.2) is 0 Å². The van der Waals surface area contributed by atoms with Gasteiger partial charge in [0.1, 0.15) is 0 Å². The number of nitrogens with two attached hydrogens (primary N) is 1. The Morgan fingerprint density at radius 1 is 1.35 bits per heavy atom. The maximum atomic E-state index is 11.7. The highest BCUT2D eigenvalue weighted by molar-refractivity contribution is 6.20. The van der Waals surface area contributed by atoms with Gasteiger partial charge < -0.3 is 15.2 Å². The number of ether oxygens (including phenoxy) is 2. The largest absolute Gasteiger partial charge is 0.381 e. The van der Waals surface area contributed by atoms with Crippen LogP contribution in [0, 0.1) is 5.92 Å². The molecule has 2 aliphatic rings. The Bertz CT molecular complexity index is 336. The summed E-state index contributed by atoms with van der Waals surface area (Å²) in [6, 6.07) is 0.596. The second kappa shape index (κ2) is 7.07. The van der Waals surface area contributed by atoms with Crippen LogP contribution in [-0.4, -0.2) is 61.7 Å². The summed E-state index contributed by atoms with van der Waals surface area (Å²) in [7, 11) is 3.75. The zero-order chi connectivity index (χ0) is 14.7. The highest BCUT2D eigenvalue weighted by atomic mass is 35.5. The Morgan fingerprint density at radius 2 is 2.00 bits per heavy atom. The van der Waals surface area contributed by atoms with E-state index >= 15 is 0 Å². The van der Waals surface area contributed by atoms with Crippen LogP contribution in [0.5, 0.6) is 0 Å².